The molecule has 2 rings (SSSR count). The average Bonchev–Trinajstić information content (AvgIpc) is 2.23. The van der Waals surface area contributed by atoms with Crippen molar-refractivity contribution in [2.24, 2.45) is 0 Å². The molecule has 1 fully saturated rings. The molecule has 4 heteroatoms. The first-order valence-corrected chi connectivity index (χ1v) is 6.53. The van der Waals surface area contributed by atoms with E-state index in [9.17, 15) is 10.2 Å². The van der Waals surface area contributed by atoms with E-state index in [1.165, 1.54) is 25.3 Å². The van der Waals surface area contributed by atoms with Crippen LogP contribution in [0.15, 0.2) is 23.1 Å². The van der Waals surface area contributed by atoms with Gasteiger partial charge in [-0.3, -0.25) is 0 Å². The Balaban J connectivity index is 0.00000112. The van der Waals surface area contributed by atoms with Gasteiger partial charge in [0.05, 0.1) is 0 Å². The van der Waals surface area contributed by atoms with Crippen LogP contribution in [0.1, 0.15) is 19.3 Å². The second kappa shape index (κ2) is 5.52. The van der Waals surface area contributed by atoms with Gasteiger partial charge >= 0.3 is 0 Å². The lowest BCUT2D eigenvalue weighted by Gasteiger charge is -2.14. The van der Waals surface area contributed by atoms with Gasteiger partial charge in [0.25, 0.3) is 0 Å². The van der Waals surface area contributed by atoms with E-state index < -0.39 is 0 Å². The van der Waals surface area contributed by atoms with E-state index in [-0.39, 0.29) is 29.1 Å². The Labute approximate surface area is 99.1 Å². The number of phenols is 2. The summed E-state index contributed by atoms with van der Waals surface area (Å²) in [5.41, 5.74) is 0. The molecule has 1 aliphatic heterocycles. The second-order valence-corrected chi connectivity index (χ2v) is 5.86. The van der Waals surface area contributed by atoms with Crippen LogP contribution in [-0.4, -0.2) is 21.7 Å². The van der Waals surface area contributed by atoms with E-state index in [0.717, 1.165) is 16.4 Å². The molecule has 0 unspecified atom stereocenters. The summed E-state index contributed by atoms with van der Waals surface area (Å²) in [6.07, 6.45) is 3.81. The summed E-state index contributed by atoms with van der Waals surface area (Å²) >= 11 is 0. The molecular weight excluding hydrogens is 232 g/mol. The van der Waals surface area contributed by atoms with Crippen molar-refractivity contribution in [2.45, 2.75) is 24.2 Å². The predicted octanol–water partition coefficient (Wildman–Crippen LogP) is -0.737. The Morgan fingerprint density at radius 3 is 2.33 bits per heavy atom. The van der Waals surface area contributed by atoms with E-state index >= 15 is 0 Å². The van der Waals surface area contributed by atoms with Crippen molar-refractivity contribution < 1.29 is 22.6 Å². The predicted molar refractivity (Wildman–Crippen MR) is 59.0 cm³/mol. The van der Waals surface area contributed by atoms with Crippen molar-refractivity contribution in [3.63, 3.8) is 0 Å². The van der Waals surface area contributed by atoms with Gasteiger partial charge in [-0.2, -0.15) is 0 Å². The van der Waals surface area contributed by atoms with Crippen LogP contribution in [0.3, 0.4) is 0 Å². The third-order valence-corrected chi connectivity index (χ3v) is 5.05. The van der Waals surface area contributed by atoms with Crippen molar-refractivity contribution in [3.05, 3.63) is 18.2 Å². The van der Waals surface area contributed by atoms with Crippen LogP contribution in [0.2, 0.25) is 0 Å². The maximum absolute atomic E-state index is 9.68. The molecule has 2 N–H and O–H groups in total. The molecule has 1 aromatic rings. The quantitative estimate of drug-likeness (QED) is 0.507. The molecule has 2 nitrogen and oxygen atoms in total. The summed E-state index contributed by atoms with van der Waals surface area (Å²) in [6.45, 7) is 0. The summed E-state index contributed by atoms with van der Waals surface area (Å²) in [7, 11) is 0.160. The zero-order chi connectivity index (χ0) is 9.97. The van der Waals surface area contributed by atoms with Crippen molar-refractivity contribution in [2.75, 3.05) is 11.5 Å². The van der Waals surface area contributed by atoms with Crippen molar-refractivity contribution in [1.82, 2.24) is 0 Å². The second-order valence-electron chi connectivity index (χ2n) is 3.61. The molecule has 0 aliphatic carbocycles. The smallest absolute Gasteiger partial charge is 0.200 e. The van der Waals surface area contributed by atoms with E-state index in [1.807, 2.05) is 0 Å². The molecule has 0 aromatic heterocycles. The number of hydrogen-bond donors (Lipinski definition) is 2. The Morgan fingerprint density at radius 1 is 1.00 bits per heavy atom. The maximum atomic E-state index is 9.68. The van der Waals surface area contributed by atoms with Crippen LogP contribution in [0.5, 0.6) is 11.5 Å². The molecule has 0 radical (unpaired) electrons. The average molecular weight is 247 g/mol. The van der Waals surface area contributed by atoms with Crippen LogP contribution in [0.4, 0.5) is 0 Å². The van der Waals surface area contributed by atoms with Crippen LogP contribution in [0, 0.1) is 0 Å². The minimum Gasteiger partial charge on any atom is -1.00 e. The standard InChI is InChI=1S/C11H14O2S.ClH/c12-9-4-5-10(13)11(8-9)14-6-2-1-3-7-14;/h4-5,8H,1-3,6-7H2,(H-,12,13);1H. The lowest BCUT2D eigenvalue weighted by Crippen LogP contribution is -3.00. The molecule has 0 saturated carbocycles. The molecule has 0 bridgehead atoms. The van der Waals surface area contributed by atoms with Crippen molar-refractivity contribution in [1.29, 1.82) is 0 Å². The molecule has 15 heavy (non-hydrogen) atoms. The first kappa shape index (κ1) is 12.5. The highest BCUT2D eigenvalue weighted by Crippen LogP contribution is 2.31. The summed E-state index contributed by atoms with van der Waals surface area (Å²) in [4.78, 5) is 0.949. The molecule has 1 heterocycles. The Hall–Kier alpha value is -0.540. The topological polar surface area (TPSA) is 40.5 Å². The monoisotopic (exact) mass is 246 g/mol. The third-order valence-electron chi connectivity index (χ3n) is 2.54. The number of hydrogen-bond acceptors (Lipinski definition) is 2. The highest BCUT2D eigenvalue weighted by Gasteiger charge is 2.27. The van der Waals surface area contributed by atoms with E-state index in [4.69, 9.17) is 0 Å². The van der Waals surface area contributed by atoms with Gasteiger partial charge in [-0.15, -0.1) is 0 Å². The molecule has 0 spiro atoms. The number of phenolic OH excluding ortho intramolecular Hbond substituents is 2. The van der Waals surface area contributed by atoms with Crippen LogP contribution >= 0.6 is 0 Å². The zero-order valence-electron chi connectivity index (χ0n) is 8.45. The zero-order valence-corrected chi connectivity index (χ0v) is 10.0. The van der Waals surface area contributed by atoms with Crippen LogP contribution in [0.25, 0.3) is 0 Å². The number of halogens is 1. The van der Waals surface area contributed by atoms with Crippen LogP contribution < -0.4 is 12.4 Å². The molecule has 1 saturated heterocycles. The number of rotatable bonds is 1. The minimum atomic E-state index is 0. The first-order valence-electron chi connectivity index (χ1n) is 4.97. The fourth-order valence-electron chi connectivity index (χ4n) is 1.79. The van der Waals surface area contributed by atoms with Crippen molar-refractivity contribution in [3.8, 4) is 11.5 Å². The van der Waals surface area contributed by atoms with Gasteiger partial charge in [0, 0.05) is 17.0 Å². The van der Waals surface area contributed by atoms with Gasteiger partial charge in [0.15, 0.2) is 10.6 Å². The van der Waals surface area contributed by atoms with Gasteiger partial charge in [-0.25, -0.2) is 0 Å². The summed E-state index contributed by atoms with van der Waals surface area (Å²) < 4.78 is 0. The lowest BCUT2D eigenvalue weighted by molar-refractivity contribution is -0.00000497. The summed E-state index contributed by atoms with van der Waals surface area (Å²) in [5, 5.41) is 19.0. The van der Waals surface area contributed by atoms with E-state index in [0.29, 0.717) is 5.75 Å². The first-order chi connectivity index (χ1) is 6.77. The van der Waals surface area contributed by atoms with Gasteiger partial charge in [-0.05, 0) is 31.4 Å². The largest absolute Gasteiger partial charge is 1.00 e. The summed E-state index contributed by atoms with van der Waals surface area (Å²) in [5.74, 6) is 2.93. The fraction of sp³-hybridized carbons (Fsp3) is 0.455. The van der Waals surface area contributed by atoms with Gasteiger partial charge in [-0.1, -0.05) is 0 Å². The summed E-state index contributed by atoms with van der Waals surface area (Å²) in [6, 6.07) is 4.84. The SMILES string of the molecule is Oc1ccc(O)c([S+]2CCCCC2)c1.[Cl-]. The third kappa shape index (κ3) is 2.95. The Bertz CT molecular complexity index is 324. The van der Waals surface area contributed by atoms with Crippen molar-refractivity contribution >= 4 is 10.9 Å². The normalized spacial score (nSPS) is 17.1. The van der Waals surface area contributed by atoms with E-state index in [1.54, 1.807) is 12.1 Å². The van der Waals surface area contributed by atoms with Gasteiger partial charge < -0.3 is 22.6 Å². The van der Waals surface area contributed by atoms with E-state index in [2.05, 4.69) is 0 Å². The highest BCUT2D eigenvalue weighted by atomic mass is 35.5. The molecule has 84 valence electrons. The molecule has 0 amide bonds. The molecule has 1 aromatic carbocycles. The Kier molecular flexibility index (Phi) is 4.61. The number of aromatic hydroxyl groups is 2. The fourth-order valence-corrected chi connectivity index (χ4v) is 4.19. The highest BCUT2D eigenvalue weighted by molar-refractivity contribution is 7.97. The Morgan fingerprint density at radius 2 is 1.67 bits per heavy atom. The van der Waals surface area contributed by atoms with Gasteiger partial charge in [0.2, 0.25) is 0 Å². The van der Waals surface area contributed by atoms with Gasteiger partial charge in [0.1, 0.15) is 17.3 Å². The maximum Gasteiger partial charge on any atom is 0.200 e. The molecule has 0 atom stereocenters. The lowest BCUT2D eigenvalue weighted by atomic mass is 10.3. The minimum absolute atomic E-state index is 0. The number of benzene rings is 1. The molecular formula is C11H15ClO2S. The molecule has 1 aliphatic rings. The van der Waals surface area contributed by atoms with Crippen LogP contribution in [-0.2, 0) is 10.9 Å².